The molecule has 0 aliphatic rings. The first kappa shape index (κ1) is 12.9. The molecule has 2 aromatic rings. The van der Waals surface area contributed by atoms with Gasteiger partial charge in [0.05, 0.1) is 5.52 Å². The van der Waals surface area contributed by atoms with Crippen LogP contribution in [0.2, 0.25) is 0 Å². The van der Waals surface area contributed by atoms with Crippen molar-refractivity contribution < 1.29 is 0 Å². The number of nitrogens with zero attached hydrogens (tertiary/aromatic N) is 1. The summed E-state index contributed by atoms with van der Waals surface area (Å²) >= 11 is 0. The van der Waals surface area contributed by atoms with Crippen LogP contribution in [0.5, 0.6) is 0 Å². The molecule has 16 heavy (non-hydrogen) atoms. The molecule has 1 aromatic carbocycles. The number of para-hydroxylation sites is 1. The molecular weight excluding hydrogens is 220 g/mol. The molecular formula is C13H17ClN2. The lowest BCUT2D eigenvalue weighted by molar-refractivity contribution is 0.642. The predicted molar refractivity (Wildman–Crippen MR) is 70.8 cm³/mol. The molecule has 0 bridgehead atoms. The zero-order valence-corrected chi connectivity index (χ0v) is 10.2. The van der Waals surface area contributed by atoms with Crippen molar-refractivity contribution >= 4 is 23.3 Å². The minimum atomic E-state index is 0. The van der Waals surface area contributed by atoms with Gasteiger partial charge in [-0.05, 0) is 24.1 Å². The number of pyridine rings is 1. The van der Waals surface area contributed by atoms with E-state index in [0.29, 0.717) is 0 Å². The standard InChI is InChI=1S/C13H16N2.ClH/c1-2-5-12(14)10-8-9-15-13-7-4-3-6-11(10)13;/h3-4,6-9,12H,2,5,14H2,1H3;1H/t12-;/m1./s1. The molecule has 2 nitrogen and oxygen atoms in total. The molecule has 2 N–H and O–H groups in total. The number of hydrogen-bond donors (Lipinski definition) is 1. The Balaban J connectivity index is 0.00000128. The van der Waals surface area contributed by atoms with Crippen molar-refractivity contribution in [3.05, 3.63) is 42.1 Å². The molecule has 1 atom stereocenters. The van der Waals surface area contributed by atoms with E-state index in [2.05, 4.69) is 18.0 Å². The SMILES string of the molecule is CCC[C@@H](N)c1ccnc2ccccc12.Cl. The third kappa shape index (κ3) is 2.52. The third-order valence-corrected chi connectivity index (χ3v) is 2.68. The minimum absolute atomic E-state index is 0. The number of fused-ring (bicyclic) bond motifs is 1. The van der Waals surface area contributed by atoms with E-state index in [1.54, 1.807) is 0 Å². The molecule has 0 aliphatic carbocycles. The fourth-order valence-corrected chi connectivity index (χ4v) is 1.91. The van der Waals surface area contributed by atoms with Gasteiger partial charge in [0.1, 0.15) is 0 Å². The number of rotatable bonds is 3. The summed E-state index contributed by atoms with van der Waals surface area (Å²) < 4.78 is 0. The van der Waals surface area contributed by atoms with Crippen LogP contribution >= 0.6 is 12.4 Å². The summed E-state index contributed by atoms with van der Waals surface area (Å²) in [5.74, 6) is 0. The Kier molecular flexibility index (Phi) is 4.71. The predicted octanol–water partition coefficient (Wildman–Crippen LogP) is 3.46. The third-order valence-electron chi connectivity index (χ3n) is 2.68. The molecule has 2 rings (SSSR count). The van der Waals surface area contributed by atoms with Gasteiger partial charge >= 0.3 is 0 Å². The lowest BCUT2D eigenvalue weighted by Gasteiger charge is -2.12. The summed E-state index contributed by atoms with van der Waals surface area (Å²) in [5.41, 5.74) is 8.38. The Morgan fingerprint density at radius 1 is 1.25 bits per heavy atom. The van der Waals surface area contributed by atoms with Gasteiger partial charge in [-0.15, -0.1) is 12.4 Å². The van der Waals surface area contributed by atoms with Gasteiger partial charge in [0.25, 0.3) is 0 Å². The molecule has 0 saturated carbocycles. The van der Waals surface area contributed by atoms with Gasteiger partial charge in [-0.3, -0.25) is 4.98 Å². The molecule has 3 heteroatoms. The molecule has 0 aliphatic heterocycles. The maximum Gasteiger partial charge on any atom is 0.0705 e. The van der Waals surface area contributed by atoms with E-state index < -0.39 is 0 Å². The summed E-state index contributed by atoms with van der Waals surface area (Å²) in [6, 6.07) is 10.3. The molecule has 0 unspecified atom stereocenters. The van der Waals surface area contributed by atoms with Gasteiger partial charge in [-0.1, -0.05) is 31.5 Å². The number of benzene rings is 1. The Bertz CT molecular complexity index is 451. The lowest BCUT2D eigenvalue weighted by Crippen LogP contribution is -2.10. The quantitative estimate of drug-likeness (QED) is 0.887. The van der Waals surface area contributed by atoms with E-state index in [9.17, 15) is 0 Å². The molecule has 1 aromatic heterocycles. The number of halogens is 1. The van der Waals surface area contributed by atoms with E-state index in [0.717, 1.165) is 18.4 Å². The number of hydrogen-bond acceptors (Lipinski definition) is 2. The van der Waals surface area contributed by atoms with Crippen LogP contribution in [0.15, 0.2) is 36.5 Å². The zero-order valence-electron chi connectivity index (χ0n) is 9.39. The zero-order chi connectivity index (χ0) is 10.7. The highest BCUT2D eigenvalue weighted by molar-refractivity contribution is 5.85. The Hall–Kier alpha value is -1.12. The molecule has 0 spiro atoms. The van der Waals surface area contributed by atoms with Gasteiger partial charge < -0.3 is 5.73 Å². The molecule has 0 saturated heterocycles. The first-order valence-electron chi connectivity index (χ1n) is 5.42. The smallest absolute Gasteiger partial charge is 0.0705 e. The van der Waals surface area contributed by atoms with Crippen LogP contribution in [0.3, 0.4) is 0 Å². The number of aromatic nitrogens is 1. The van der Waals surface area contributed by atoms with E-state index in [4.69, 9.17) is 5.73 Å². The first-order chi connectivity index (χ1) is 7.33. The van der Waals surface area contributed by atoms with Crippen molar-refractivity contribution in [1.29, 1.82) is 0 Å². The molecule has 0 amide bonds. The van der Waals surface area contributed by atoms with Crippen molar-refractivity contribution in [3.63, 3.8) is 0 Å². The maximum atomic E-state index is 6.14. The maximum absolute atomic E-state index is 6.14. The van der Waals surface area contributed by atoms with Gasteiger partial charge in [-0.25, -0.2) is 0 Å². The van der Waals surface area contributed by atoms with Crippen molar-refractivity contribution in [2.24, 2.45) is 5.73 Å². The van der Waals surface area contributed by atoms with Crippen molar-refractivity contribution in [2.45, 2.75) is 25.8 Å². The molecule has 0 fully saturated rings. The van der Waals surface area contributed by atoms with Crippen molar-refractivity contribution in [1.82, 2.24) is 4.98 Å². The van der Waals surface area contributed by atoms with E-state index in [-0.39, 0.29) is 18.4 Å². The average molecular weight is 237 g/mol. The van der Waals surface area contributed by atoms with Crippen molar-refractivity contribution in [3.8, 4) is 0 Å². The monoisotopic (exact) mass is 236 g/mol. The summed E-state index contributed by atoms with van der Waals surface area (Å²) in [6.07, 6.45) is 3.97. The van der Waals surface area contributed by atoms with E-state index in [1.165, 1.54) is 10.9 Å². The van der Waals surface area contributed by atoms with Crippen LogP contribution in [0.25, 0.3) is 10.9 Å². The van der Waals surface area contributed by atoms with Crippen LogP contribution in [0, 0.1) is 0 Å². The summed E-state index contributed by atoms with van der Waals surface area (Å²) in [6.45, 7) is 2.16. The van der Waals surface area contributed by atoms with Crippen LogP contribution in [-0.4, -0.2) is 4.98 Å². The average Bonchev–Trinajstić information content (AvgIpc) is 2.28. The fraction of sp³-hybridized carbons (Fsp3) is 0.308. The van der Waals surface area contributed by atoms with E-state index >= 15 is 0 Å². The van der Waals surface area contributed by atoms with Crippen LogP contribution < -0.4 is 5.73 Å². The van der Waals surface area contributed by atoms with Gasteiger partial charge in [0.15, 0.2) is 0 Å². The molecule has 1 heterocycles. The minimum Gasteiger partial charge on any atom is -0.324 e. The lowest BCUT2D eigenvalue weighted by atomic mass is 9.99. The Morgan fingerprint density at radius 2 is 2.00 bits per heavy atom. The van der Waals surface area contributed by atoms with Gasteiger partial charge in [0.2, 0.25) is 0 Å². The van der Waals surface area contributed by atoms with Crippen LogP contribution in [0.1, 0.15) is 31.4 Å². The Labute approximate surface area is 102 Å². The topological polar surface area (TPSA) is 38.9 Å². The van der Waals surface area contributed by atoms with Crippen LogP contribution in [-0.2, 0) is 0 Å². The Morgan fingerprint density at radius 3 is 2.75 bits per heavy atom. The van der Waals surface area contributed by atoms with Gasteiger partial charge in [-0.2, -0.15) is 0 Å². The first-order valence-corrected chi connectivity index (χ1v) is 5.42. The summed E-state index contributed by atoms with van der Waals surface area (Å²) in [4.78, 5) is 4.33. The highest BCUT2D eigenvalue weighted by Gasteiger charge is 2.08. The van der Waals surface area contributed by atoms with Crippen molar-refractivity contribution in [2.75, 3.05) is 0 Å². The number of nitrogens with two attached hydrogens (primary N) is 1. The van der Waals surface area contributed by atoms with Gasteiger partial charge in [0, 0.05) is 17.6 Å². The van der Waals surface area contributed by atoms with Crippen LogP contribution in [0.4, 0.5) is 0 Å². The summed E-state index contributed by atoms with van der Waals surface area (Å²) in [5, 5.41) is 1.18. The second-order valence-electron chi connectivity index (χ2n) is 3.81. The second kappa shape index (κ2) is 5.83. The second-order valence-corrected chi connectivity index (χ2v) is 3.81. The molecule has 86 valence electrons. The highest BCUT2D eigenvalue weighted by Crippen LogP contribution is 2.23. The summed E-state index contributed by atoms with van der Waals surface area (Å²) in [7, 11) is 0. The largest absolute Gasteiger partial charge is 0.324 e. The molecule has 0 radical (unpaired) electrons. The fourth-order valence-electron chi connectivity index (χ4n) is 1.91. The normalized spacial score (nSPS) is 12.1. The van der Waals surface area contributed by atoms with E-state index in [1.807, 2.05) is 30.5 Å². The highest BCUT2D eigenvalue weighted by atomic mass is 35.5.